The van der Waals surface area contributed by atoms with Crippen LogP contribution in [-0.4, -0.2) is 129 Å². The number of aromatic nitrogens is 5. The van der Waals surface area contributed by atoms with Crippen molar-refractivity contribution in [2.24, 2.45) is 7.05 Å². The maximum absolute atomic E-state index is 13.2. The van der Waals surface area contributed by atoms with Crippen LogP contribution in [0.15, 0.2) is 85.3 Å². The summed E-state index contributed by atoms with van der Waals surface area (Å²) in [6.45, 7) is 7.43. The Morgan fingerprint density at radius 1 is 0.870 bits per heavy atom. The molecule has 19 nitrogen and oxygen atoms in total. The first-order valence-corrected chi connectivity index (χ1v) is 23.6. The number of unbranched alkanes of at least 4 members (excludes halogenated alkanes) is 2. The second kappa shape index (κ2) is 23.2. The average molecular weight is 942 g/mol. The molecule has 5 heterocycles. The summed E-state index contributed by atoms with van der Waals surface area (Å²) in [6.07, 6.45) is 7.17. The van der Waals surface area contributed by atoms with Crippen LogP contribution >= 0.6 is 0 Å². The predicted molar refractivity (Wildman–Crippen MR) is 255 cm³/mol. The number of piperidine rings is 1. The van der Waals surface area contributed by atoms with E-state index in [0.717, 1.165) is 53.3 Å². The quantitative estimate of drug-likeness (QED) is 0.0646. The summed E-state index contributed by atoms with van der Waals surface area (Å²) in [4.78, 5) is 76.9. The van der Waals surface area contributed by atoms with Gasteiger partial charge in [-0.1, -0.05) is 18.2 Å². The van der Waals surface area contributed by atoms with Gasteiger partial charge in [0.25, 0.3) is 11.8 Å². The van der Waals surface area contributed by atoms with E-state index in [-0.39, 0.29) is 42.7 Å². The van der Waals surface area contributed by atoms with Crippen LogP contribution in [0.25, 0.3) is 11.5 Å². The molecule has 0 radical (unpaired) electrons. The molecule has 0 saturated carbocycles. The number of anilines is 2. The van der Waals surface area contributed by atoms with Gasteiger partial charge in [0.05, 0.1) is 19.2 Å². The third-order valence-corrected chi connectivity index (χ3v) is 12.6. The van der Waals surface area contributed by atoms with Crippen LogP contribution in [-0.2, 0) is 44.0 Å². The maximum atomic E-state index is 13.2. The number of ether oxygens (including phenoxy) is 3. The van der Waals surface area contributed by atoms with Gasteiger partial charge in [0.2, 0.25) is 17.7 Å². The molecule has 3 aliphatic rings. The number of imide groups is 1. The summed E-state index contributed by atoms with van der Waals surface area (Å²) in [5.41, 5.74) is 5.40. The first-order valence-electron chi connectivity index (χ1n) is 23.6. The van der Waals surface area contributed by atoms with Crippen molar-refractivity contribution in [3.8, 4) is 17.3 Å². The molecule has 69 heavy (non-hydrogen) atoms. The zero-order valence-electron chi connectivity index (χ0n) is 39.1. The van der Waals surface area contributed by atoms with Crippen molar-refractivity contribution in [3.05, 3.63) is 113 Å². The Morgan fingerprint density at radius 2 is 1.67 bits per heavy atom. The maximum Gasteiger partial charge on any atom is 0.255 e. The Morgan fingerprint density at radius 3 is 2.46 bits per heavy atom. The van der Waals surface area contributed by atoms with Gasteiger partial charge < -0.3 is 44.1 Å². The van der Waals surface area contributed by atoms with Crippen molar-refractivity contribution >= 4 is 40.9 Å². The highest BCUT2D eigenvalue weighted by atomic mass is 16.5. The number of nitrogens with one attached hydrogen (secondary N) is 3. The van der Waals surface area contributed by atoms with Crippen molar-refractivity contribution < 1.29 is 38.2 Å². The van der Waals surface area contributed by atoms with Gasteiger partial charge in [-0.25, -0.2) is 9.97 Å². The lowest BCUT2D eigenvalue weighted by Gasteiger charge is -2.36. The third kappa shape index (κ3) is 12.5. The van der Waals surface area contributed by atoms with E-state index >= 15 is 0 Å². The summed E-state index contributed by atoms with van der Waals surface area (Å²) in [6, 6.07) is 21.8. The second-order valence-corrected chi connectivity index (χ2v) is 17.3. The number of hydrogen-bond donors (Lipinski definition) is 3. The lowest BCUT2D eigenvalue weighted by molar-refractivity contribution is -0.137. The number of amides is 5. The van der Waals surface area contributed by atoms with Gasteiger partial charge in [0, 0.05) is 94.7 Å². The molecule has 5 amide bonds. The molecule has 8 rings (SSSR count). The van der Waals surface area contributed by atoms with E-state index in [1.54, 1.807) is 23.2 Å². The molecule has 19 heteroatoms. The average Bonchev–Trinajstić information content (AvgIpc) is 3.91. The molecule has 0 spiro atoms. The van der Waals surface area contributed by atoms with Gasteiger partial charge in [-0.05, 0) is 105 Å². The monoisotopic (exact) mass is 941 g/mol. The molecular formula is C50H59N11O8. The molecule has 0 bridgehead atoms. The fourth-order valence-electron chi connectivity index (χ4n) is 8.59. The number of piperazine rings is 1. The van der Waals surface area contributed by atoms with Crippen molar-refractivity contribution in [1.29, 1.82) is 0 Å². The minimum atomic E-state index is -0.643. The van der Waals surface area contributed by atoms with Crippen LogP contribution in [0, 0.1) is 0 Å². The molecular weight excluding hydrogens is 883 g/mol. The number of carbonyl (C=O) groups is 5. The summed E-state index contributed by atoms with van der Waals surface area (Å²) >= 11 is 0. The van der Waals surface area contributed by atoms with Crippen molar-refractivity contribution in [2.45, 2.75) is 70.6 Å². The number of hydrogen-bond acceptors (Lipinski definition) is 14. The van der Waals surface area contributed by atoms with E-state index in [1.165, 1.54) is 6.33 Å². The topological polar surface area (TPSA) is 215 Å². The lowest BCUT2D eigenvalue weighted by Crippen LogP contribution is -2.52. The van der Waals surface area contributed by atoms with Crippen LogP contribution in [0.3, 0.4) is 0 Å². The van der Waals surface area contributed by atoms with Gasteiger partial charge in [0.1, 0.15) is 30.4 Å². The van der Waals surface area contributed by atoms with Crippen molar-refractivity contribution in [2.75, 3.05) is 69.4 Å². The lowest BCUT2D eigenvalue weighted by atomic mass is 10.0. The minimum Gasteiger partial charge on any atom is -0.494 e. The zero-order chi connectivity index (χ0) is 48.1. The number of rotatable bonds is 22. The van der Waals surface area contributed by atoms with Gasteiger partial charge in [-0.15, -0.1) is 10.2 Å². The highest BCUT2D eigenvalue weighted by Crippen LogP contribution is 2.31. The second-order valence-electron chi connectivity index (χ2n) is 17.3. The number of carbonyl (C=O) groups excluding carboxylic acids is 5. The van der Waals surface area contributed by atoms with E-state index in [9.17, 15) is 24.0 Å². The number of fused-ring (bicyclic) bond motifs is 1. The van der Waals surface area contributed by atoms with Crippen LogP contribution < -0.4 is 25.6 Å². The first-order chi connectivity index (χ1) is 33.6. The van der Waals surface area contributed by atoms with Crippen LogP contribution in [0.5, 0.6) is 5.75 Å². The third-order valence-electron chi connectivity index (χ3n) is 12.6. The summed E-state index contributed by atoms with van der Waals surface area (Å²) in [5, 5.41) is 17.3. The molecule has 2 atom stereocenters. The number of nitrogens with zero attached hydrogens (tertiary/aromatic N) is 8. The van der Waals surface area contributed by atoms with Crippen molar-refractivity contribution in [3.63, 3.8) is 0 Å². The van der Waals surface area contributed by atoms with E-state index < -0.39 is 11.9 Å². The largest absolute Gasteiger partial charge is 0.494 e. The Hall–Kier alpha value is -7.25. The highest BCUT2D eigenvalue weighted by Gasteiger charge is 2.39. The smallest absolute Gasteiger partial charge is 0.255 e. The first kappa shape index (κ1) is 48.2. The van der Waals surface area contributed by atoms with E-state index in [0.29, 0.717) is 101 Å². The van der Waals surface area contributed by atoms with Crippen LogP contribution in [0.2, 0.25) is 0 Å². The Balaban J connectivity index is 0.636. The molecule has 3 N–H and O–H groups in total. The molecule has 3 aliphatic heterocycles. The zero-order valence-corrected chi connectivity index (χ0v) is 39.1. The molecule has 5 aromatic rings. The molecule has 362 valence electrons. The van der Waals surface area contributed by atoms with E-state index in [1.807, 2.05) is 84.1 Å². The summed E-state index contributed by atoms with van der Waals surface area (Å²) in [7, 11) is 1.88. The molecule has 2 saturated heterocycles. The van der Waals surface area contributed by atoms with E-state index in [4.69, 9.17) is 14.2 Å². The number of benzene rings is 3. The van der Waals surface area contributed by atoms with Gasteiger partial charge in [-0.2, -0.15) is 0 Å². The molecule has 3 aromatic carbocycles. The Labute approximate surface area is 400 Å². The Bertz CT molecular complexity index is 2580. The fourth-order valence-corrected chi connectivity index (χ4v) is 8.59. The fraction of sp³-hybridized carbons (Fsp3) is 0.420. The Kier molecular flexibility index (Phi) is 16.2. The summed E-state index contributed by atoms with van der Waals surface area (Å²) in [5.74, 6) is 1.01. The van der Waals surface area contributed by atoms with Crippen LogP contribution in [0.1, 0.15) is 89.2 Å². The van der Waals surface area contributed by atoms with Gasteiger partial charge in [-0.3, -0.25) is 29.3 Å². The van der Waals surface area contributed by atoms with Gasteiger partial charge >= 0.3 is 0 Å². The summed E-state index contributed by atoms with van der Waals surface area (Å²) < 4.78 is 19.3. The normalized spacial score (nSPS) is 16.3. The highest BCUT2D eigenvalue weighted by molar-refractivity contribution is 6.05. The van der Waals surface area contributed by atoms with Crippen molar-refractivity contribution in [1.82, 2.24) is 45.2 Å². The van der Waals surface area contributed by atoms with Crippen LogP contribution in [0.4, 0.5) is 11.4 Å². The predicted octanol–water partition coefficient (Wildman–Crippen LogP) is 4.46. The molecule has 1 unspecified atom stereocenters. The standard InChI is InChI=1S/C50H59N11O8/c1-34(54-48(64)36-8-6-9-38(28-36)52-30-44-56-57-47(58(44)2)42-18-19-51-33-53-42)35-10-13-40(14-11-35)69-27-5-3-4-24-67-25-7-26-68-32-46(63)60-22-20-59(21-23-60)39-12-15-41-37(29-39)31-61(50(41)66)43-16-17-45(62)55-49(43)65/h6,8-15,18-19,28-29,33-34,43,52H,3-5,7,16-17,20-27,30-32H2,1-2H3,(H,54,64)(H,55,62,65)/t34-,43?/m1/s1. The minimum absolute atomic E-state index is 0.0327. The van der Waals surface area contributed by atoms with Gasteiger partial charge in [0.15, 0.2) is 11.6 Å². The molecule has 2 aromatic heterocycles. The molecule has 2 fully saturated rings. The SMILES string of the molecule is C[C@@H](NC(=O)c1cccc(NCc2nnc(-c3ccncn3)n2C)c1)c1ccc(OCCCCCOCCCOCC(=O)N2CCN(c3ccc4c(c3)CN(C3CCC(=O)NC3=O)C4=O)CC2)cc1. The molecule has 0 aliphatic carbocycles. The van der Waals surface area contributed by atoms with E-state index in [2.05, 4.69) is 41.0 Å².